The van der Waals surface area contributed by atoms with Gasteiger partial charge in [0.15, 0.2) is 0 Å². The van der Waals surface area contributed by atoms with Crippen molar-refractivity contribution in [3.8, 4) is 5.75 Å². The van der Waals surface area contributed by atoms with E-state index < -0.39 is 6.04 Å². The van der Waals surface area contributed by atoms with Crippen molar-refractivity contribution in [3.05, 3.63) is 93.2 Å². The Hall–Kier alpha value is -3.94. The number of aromatic nitrogens is 4. The maximum atomic E-state index is 12.9. The van der Waals surface area contributed by atoms with Crippen LogP contribution in [0.4, 0.5) is 0 Å². The van der Waals surface area contributed by atoms with E-state index in [-0.39, 0.29) is 23.7 Å². The average molecular weight is 417 g/mol. The van der Waals surface area contributed by atoms with Gasteiger partial charge in [-0.05, 0) is 25.5 Å². The molecule has 31 heavy (non-hydrogen) atoms. The van der Waals surface area contributed by atoms with Gasteiger partial charge >= 0.3 is 0 Å². The summed E-state index contributed by atoms with van der Waals surface area (Å²) in [6, 6.07) is 16.8. The van der Waals surface area contributed by atoms with Gasteiger partial charge in [0.2, 0.25) is 5.91 Å². The fraction of sp³-hybridized carbons (Fsp3) is 0.217. The predicted molar refractivity (Wildman–Crippen MR) is 116 cm³/mol. The number of nitrogens with zero attached hydrogens (tertiary/aromatic N) is 3. The monoisotopic (exact) mass is 417 g/mol. The minimum absolute atomic E-state index is 0.0284. The number of amides is 1. The molecule has 1 atom stereocenters. The summed E-state index contributed by atoms with van der Waals surface area (Å²) in [6.07, 6.45) is -0.0284. The van der Waals surface area contributed by atoms with Gasteiger partial charge in [0, 0.05) is 16.8 Å². The Morgan fingerprint density at radius 3 is 2.55 bits per heavy atom. The number of carbonyl (C=O) groups is 1. The Labute approximate surface area is 178 Å². The highest BCUT2D eigenvalue weighted by molar-refractivity contribution is 5.79. The Balaban J connectivity index is 1.63. The van der Waals surface area contributed by atoms with Gasteiger partial charge in [0.05, 0.1) is 19.6 Å². The zero-order valence-electron chi connectivity index (χ0n) is 17.5. The summed E-state index contributed by atoms with van der Waals surface area (Å²) in [5.41, 5.74) is 2.70. The summed E-state index contributed by atoms with van der Waals surface area (Å²) in [4.78, 5) is 34.0. The van der Waals surface area contributed by atoms with E-state index in [2.05, 4.69) is 20.4 Å². The highest BCUT2D eigenvalue weighted by atomic mass is 16.5. The van der Waals surface area contributed by atoms with Crippen LogP contribution in [0.5, 0.6) is 5.75 Å². The molecule has 0 spiro atoms. The van der Waals surface area contributed by atoms with E-state index in [4.69, 9.17) is 4.74 Å². The molecule has 0 saturated carbocycles. The normalized spacial score (nSPS) is 12.0. The molecule has 0 radical (unpaired) electrons. The van der Waals surface area contributed by atoms with Gasteiger partial charge in [-0.2, -0.15) is 9.50 Å². The molecule has 0 bridgehead atoms. The summed E-state index contributed by atoms with van der Waals surface area (Å²) in [7, 11) is 1.60. The fourth-order valence-electron chi connectivity index (χ4n) is 3.48. The minimum atomic E-state index is -0.403. The molecule has 0 aliphatic heterocycles. The summed E-state index contributed by atoms with van der Waals surface area (Å²) < 4.78 is 6.77. The third kappa shape index (κ3) is 4.05. The van der Waals surface area contributed by atoms with E-state index in [0.717, 1.165) is 11.1 Å². The van der Waals surface area contributed by atoms with Crippen LogP contribution in [0, 0.1) is 13.8 Å². The number of methoxy groups -OCH3 is 1. The van der Waals surface area contributed by atoms with Crippen LogP contribution in [0.15, 0.2) is 59.4 Å². The van der Waals surface area contributed by atoms with Crippen molar-refractivity contribution < 1.29 is 9.53 Å². The van der Waals surface area contributed by atoms with Crippen LogP contribution in [0.2, 0.25) is 0 Å². The maximum Gasteiger partial charge on any atom is 0.277 e. The second-order valence-corrected chi connectivity index (χ2v) is 7.26. The number of nitrogens with one attached hydrogen (secondary N) is 2. The molecule has 0 aliphatic rings. The summed E-state index contributed by atoms with van der Waals surface area (Å²) in [5.74, 6) is 1.04. The van der Waals surface area contributed by atoms with Crippen LogP contribution >= 0.6 is 0 Å². The van der Waals surface area contributed by atoms with Crippen LogP contribution < -0.4 is 15.6 Å². The van der Waals surface area contributed by atoms with Gasteiger partial charge in [-0.1, -0.05) is 48.5 Å². The van der Waals surface area contributed by atoms with Crippen molar-refractivity contribution in [1.82, 2.24) is 24.9 Å². The minimum Gasteiger partial charge on any atom is -0.496 e. The van der Waals surface area contributed by atoms with E-state index in [1.54, 1.807) is 21.0 Å². The molecular formula is C23H23N5O3. The third-order valence-electron chi connectivity index (χ3n) is 5.23. The second kappa shape index (κ2) is 8.43. The average Bonchev–Trinajstić information content (AvgIpc) is 3.18. The van der Waals surface area contributed by atoms with Gasteiger partial charge in [-0.3, -0.25) is 14.7 Å². The maximum absolute atomic E-state index is 12.9. The molecule has 2 aromatic heterocycles. The van der Waals surface area contributed by atoms with E-state index in [9.17, 15) is 9.59 Å². The van der Waals surface area contributed by atoms with Crippen molar-refractivity contribution in [2.24, 2.45) is 0 Å². The molecule has 8 heteroatoms. The molecule has 1 amide bonds. The quantitative estimate of drug-likeness (QED) is 0.502. The first-order valence-electron chi connectivity index (χ1n) is 9.90. The van der Waals surface area contributed by atoms with Gasteiger partial charge in [0.25, 0.3) is 11.3 Å². The topological polar surface area (TPSA) is 101 Å². The zero-order valence-corrected chi connectivity index (χ0v) is 17.5. The number of aromatic amines is 1. The van der Waals surface area contributed by atoms with Crippen LogP contribution in [0.25, 0.3) is 5.78 Å². The van der Waals surface area contributed by atoms with Crippen LogP contribution in [0.3, 0.4) is 0 Å². The molecule has 2 N–H and O–H groups in total. The van der Waals surface area contributed by atoms with Crippen molar-refractivity contribution in [2.75, 3.05) is 7.11 Å². The highest BCUT2D eigenvalue weighted by Gasteiger charge is 2.21. The number of carbonyl (C=O) groups excluding carboxylic acids is 1. The van der Waals surface area contributed by atoms with Crippen LogP contribution in [0.1, 0.15) is 34.3 Å². The SMILES string of the molecule is COc1ccccc1[C@@H](NC(=O)Cc1nc2nc(C)c(C)c(=O)n2[nH]1)c1ccccc1. The third-order valence-corrected chi connectivity index (χ3v) is 5.23. The Morgan fingerprint density at radius 2 is 1.81 bits per heavy atom. The summed E-state index contributed by atoms with van der Waals surface area (Å²) in [5, 5.41) is 5.95. The molecule has 2 aromatic carbocycles. The first kappa shape index (κ1) is 20.3. The number of benzene rings is 2. The van der Waals surface area contributed by atoms with Crippen molar-refractivity contribution >= 4 is 11.7 Å². The van der Waals surface area contributed by atoms with Gasteiger partial charge in [-0.25, -0.2) is 4.98 Å². The number of ether oxygens (including phenoxy) is 1. The number of aryl methyl sites for hydroxylation is 1. The molecule has 4 aromatic rings. The Kier molecular flexibility index (Phi) is 5.53. The molecule has 0 fully saturated rings. The molecule has 0 aliphatic carbocycles. The van der Waals surface area contributed by atoms with Crippen molar-refractivity contribution in [2.45, 2.75) is 26.3 Å². The zero-order chi connectivity index (χ0) is 22.0. The molecule has 2 heterocycles. The number of rotatable bonds is 6. The molecule has 0 saturated heterocycles. The van der Waals surface area contributed by atoms with Crippen molar-refractivity contribution in [3.63, 3.8) is 0 Å². The number of H-pyrrole nitrogens is 1. The van der Waals surface area contributed by atoms with E-state index in [1.807, 2.05) is 54.6 Å². The van der Waals surface area contributed by atoms with Gasteiger partial charge < -0.3 is 10.1 Å². The predicted octanol–water partition coefficient (Wildman–Crippen LogP) is 2.49. The Morgan fingerprint density at radius 1 is 1.10 bits per heavy atom. The highest BCUT2D eigenvalue weighted by Crippen LogP contribution is 2.29. The Bertz CT molecular complexity index is 1290. The summed E-state index contributed by atoms with van der Waals surface area (Å²) >= 11 is 0. The lowest BCUT2D eigenvalue weighted by molar-refractivity contribution is -0.121. The van der Waals surface area contributed by atoms with Crippen LogP contribution in [-0.4, -0.2) is 32.6 Å². The fourth-order valence-corrected chi connectivity index (χ4v) is 3.48. The number of hydrogen-bond donors (Lipinski definition) is 2. The lowest BCUT2D eigenvalue weighted by atomic mass is 9.97. The van der Waals surface area contributed by atoms with Gasteiger partial charge in [0.1, 0.15) is 11.6 Å². The van der Waals surface area contributed by atoms with E-state index in [1.165, 1.54) is 4.52 Å². The van der Waals surface area contributed by atoms with E-state index >= 15 is 0 Å². The molecule has 8 nitrogen and oxygen atoms in total. The molecule has 158 valence electrons. The molecular weight excluding hydrogens is 394 g/mol. The first-order chi connectivity index (χ1) is 15.0. The smallest absolute Gasteiger partial charge is 0.277 e. The lowest BCUT2D eigenvalue weighted by Gasteiger charge is -2.21. The number of para-hydroxylation sites is 1. The van der Waals surface area contributed by atoms with E-state index in [0.29, 0.717) is 22.8 Å². The lowest BCUT2D eigenvalue weighted by Crippen LogP contribution is -2.31. The largest absolute Gasteiger partial charge is 0.496 e. The van der Waals surface area contributed by atoms with Gasteiger partial charge in [-0.15, -0.1) is 0 Å². The second-order valence-electron chi connectivity index (χ2n) is 7.26. The first-order valence-corrected chi connectivity index (χ1v) is 9.90. The molecule has 0 unspecified atom stereocenters. The number of fused-ring (bicyclic) bond motifs is 1. The summed E-state index contributed by atoms with van der Waals surface area (Å²) in [6.45, 7) is 3.47. The number of hydrogen-bond acceptors (Lipinski definition) is 5. The molecule has 4 rings (SSSR count). The standard InChI is InChI=1S/C23H23N5O3/c1-14-15(2)24-23-25-19(27-28(23)22(14)30)13-20(29)26-21(16-9-5-4-6-10-16)17-11-7-8-12-18(17)31-3/h4-12,21H,13H2,1-3H3,(H,26,29)(H,24,25,27)/t21-/m0/s1. The van der Waals surface area contributed by atoms with Crippen molar-refractivity contribution in [1.29, 1.82) is 0 Å². The van der Waals surface area contributed by atoms with Crippen LogP contribution in [-0.2, 0) is 11.2 Å².